The summed E-state index contributed by atoms with van der Waals surface area (Å²) in [5, 5.41) is 0. The van der Waals surface area contributed by atoms with E-state index in [0.717, 1.165) is 18.5 Å². The maximum atomic E-state index is 12.1. The zero-order chi connectivity index (χ0) is 12.3. The van der Waals surface area contributed by atoms with Crippen LogP contribution in [0.4, 0.5) is 5.69 Å². The van der Waals surface area contributed by atoms with Gasteiger partial charge < -0.3 is 9.64 Å². The molecule has 1 aliphatic rings. The number of carbonyl (C=O) groups excluding carboxylic acids is 1. The normalized spacial score (nSPS) is 14.8. The van der Waals surface area contributed by atoms with Crippen molar-refractivity contribution in [1.29, 1.82) is 0 Å². The lowest BCUT2D eigenvalue weighted by atomic mass is 10.1. The number of Topliss-reactive ketones (excluding diaryl/α,β-unsaturated/α-hetero) is 1. The summed E-state index contributed by atoms with van der Waals surface area (Å²) < 4.78 is 5.37. The molecule has 0 amide bonds. The number of ether oxygens (including phenoxy) is 1. The highest BCUT2D eigenvalue weighted by Crippen LogP contribution is 2.18. The summed E-state index contributed by atoms with van der Waals surface area (Å²) in [5.41, 5.74) is 1.77. The summed E-state index contributed by atoms with van der Waals surface area (Å²) >= 11 is 0. The third-order valence-corrected chi connectivity index (χ3v) is 2.81. The van der Waals surface area contributed by atoms with E-state index >= 15 is 0 Å². The molecule has 0 spiro atoms. The average molecular weight is 231 g/mol. The molecule has 3 nitrogen and oxygen atoms in total. The van der Waals surface area contributed by atoms with Crippen molar-refractivity contribution < 1.29 is 9.53 Å². The molecule has 1 aliphatic heterocycles. The van der Waals surface area contributed by atoms with Crippen LogP contribution in [-0.2, 0) is 4.74 Å². The van der Waals surface area contributed by atoms with Gasteiger partial charge in [-0.05, 0) is 43.2 Å². The van der Waals surface area contributed by atoms with Crippen LogP contribution in [-0.4, -0.2) is 26.5 Å². The van der Waals surface area contributed by atoms with Gasteiger partial charge in [0, 0.05) is 25.3 Å². The second kappa shape index (κ2) is 5.04. The number of benzene rings is 1. The Kier molecular flexibility index (Phi) is 3.47. The van der Waals surface area contributed by atoms with Gasteiger partial charge in [-0.3, -0.25) is 4.79 Å². The van der Waals surface area contributed by atoms with Crippen LogP contribution < -0.4 is 4.90 Å². The van der Waals surface area contributed by atoms with E-state index in [1.54, 1.807) is 0 Å². The Morgan fingerprint density at radius 1 is 1.24 bits per heavy atom. The SMILES string of the molecule is CN(C)c1ccc(C(=O)C2=CCCCO2)cc1. The lowest BCUT2D eigenvalue weighted by Gasteiger charge is -2.15. The van der Waals surface area contributed by atoms with E-state index in [2.05, 4.69) is 0 Å². The van der Waals surface area contributed by atoms with Crippen LogP contribution in [0.2, 0.25) is 0 Å². The van der Waals surface area contributed by atoms with Gasteiger partial charge >= 0.3 is 0 Å². The standard InChI is InChI=1S/C14H17NO2/c1-15(2)12-8-6-11(7-9-12)14(16)13-5-3-4-10-17-13/h5-9H,3-4,10H2,1-2H3. The van der Waals surface area contributed by atoms with Gasteiger partial charge in [-0.25, -0.2) is 0 Å². The molecule has 0 aliphatic carbocycles. The molecule has 2 rings (SSSR count). The molecular formula is C14H17NO2. The topological polar surface area (TPSA) is 29.5 Å². The summed E-state index contributed by atoms with van der Waals surface area (Å²) in [6, 6.07) is 7.57. The van der Waals surface area contributed by atoms with Crippen molar-refractivity contribution in [3.8, 4) is 0 Å². The summed E-state index contributed by atoms with van der Waals surface area (Å²) in [6.07, 6.45) is 3.80. The zero-order valence-electron chi connectivity index (χ0n) is 10.3. The van der Waals surface area contributed by atoms with E-state index in [4.69, 9.17) is 4.74 Å². The molecule has 0 bridgehead atoms. The van der Waals surface area contributed by atoms with Gasteiger partial charge in [-0.1, -0.05) is 0 Å². The summed E-state index contributed by atoms with van der Waals surface area (Å²) in [6.45, 7) is 0.646. The van der Waals surface area contributed by atoms with Crippen molar-refractivity contribution >= 4 is 11.5 Å². The van der Waals surface area contributed by atoms with Crippen LogP contribution in [0.15, 0.2) is 36.1 Å². The summed E-state index contributed by atoms with van der Waals surface area (Å²) in [5.74, 6) is 0.476. The van der Waals surface area contributed by atoms with Gasteiger partial charge in [0.05, 0.1) is 6.61 Å². The van der Waals surface area contributed by atoms with Gasteiger partial charge in [-0.2, -0.15) is 0 Å². The van der Waals surface area contributed by atoms with E-state index in [0.29, 0.717) is 17.9 Å². The summed E-state index contributed by atoms with van der Waals surface area (Å²) in [4.78, 5) is 14.1. The molecule has 90 valence electrons. The number of hydrogen-bond acceptors (Lipinski definition) is 3. The van der Waals surface area contributed by atoms with Crippen LogP contribution in [0.1, 0.15) is 23.2 Å². The van der Waals surface area contributed by atoms with E-state index in [1.165, 1.54) is 0 Å². The van der Waals surface area contributed by atoms with Gasteiger partial charge in [0.15, 0.2) is 5.76 Å². The Bertz CT molecular complexity index is 432. The fraction of sp³-hybridized carbons (Fsp3) is 0.357. The Morgan fingerprint density at radius 2 is 1.94 bits per heavy atom. The lowest BCUT2D eigenvalue weighted by molar-refractivity contribution is 0.0899. The number of allylic oxidation sites excluding steroid dienone is 2. The van der Waals surface area contributed by atoms with Crippen molar-refractivity contribution in [3.05, 3.63) is 41.7 Å². The minimum atomic E-state index is -0.0185. The van der Waals surface area contributed by atoms with Gasteiger partial charge in [0.25, 0.3) is 0 Å². The fourth-order valence-electron chi connectivity index (χ4n) is 1.77. The van der Waals surface area contributed by atoms with Gasteiger partial charge in [0.1, 0.15) is 0 Å². The molecule has 0 saturated carbocycles. The first-order chi connectivity index (χ1) is 8.18. The first kappa shape index (κ1) is 11.7. The number of anilines is 1. The largest absolute Gasteiger partial charge is 0.490 e. The number of nitrogens with zero attached hydrogens (tertiary/aromatic N) is 1. The Labute approximate surface area is 102 Å². The molecule has 0 unspecified atom stereocenters. The molecule has 0 aromatic heterocycles. The number of carbonyl (C=O) groups is 1. The van der Waals surface area contributed by atoms with Crippen molar-refractivity contribution in [2.75, 3.05) is 25.6 Å². The Hall–Kier alpha value is -1.77. The van der Waals surface area contributed by atoms with Crippen molar-refractivity contribution in [3.63, 3.8) is 0 Å². The monoisotopic (exact) mass is 231 g/mol. The molecular weight excluding hydrogens is 214 g/mol. The fourth-order valence-corrected chi connectivity index (χ4v) is 1.77. The number of ketones is 1. The minimum absolute atomic E-state index is 0.0185. The Balaban J connectivity index is 2.17. The third kappa shape index (κ3) is 2.67. The van der Waals surface area contributed by atoms with Crippen LogP contribution in [0.3, 0.4) is 0 Å². The highest BCUT2D eigenvalue weighted by atomic mass is 16.5. The molecule has 0 fully saturated rings. The predicted molar refractivity (Wildman–Crippen MR) is 68.4 cm³/mol. The van der Waals surface area contributed by atoms with E-state index in [1.807, 2.05) is 49.3 Å². The first-order valence-corrected chi connectivity index (χ1v) is 5.83. The lowest BCUT2D eigenvalue weighted by Crippen LogP contribution is -2.12. The molecule has 17 heavy (non-hydrogen) atoms. The maximum absolute atomic E-state index is 12.1. The molecule has 1 heterocycles. The van der Waals surface area contributed by atoms with Crippen molar-refractivity contribution in [1.82, 2.24) is 0 Å². The quantitative estimate of drug-likeness (QED) is 0.749. The highest BCUT2D eigenvalue weighted by molar-refractivity contribution is 6.07. The molecule has 0 N–H and O–H groups in total. The molecule has 0 saturated heterocycles. The summed E-state index contributed by atoms with van der Waals surface area (Å²) in [7, 11) is 3.95. The van der Waals surface area contributed by atoms with E-state index in [9.17, 15) is 4.79 Å². The van der Waals surface area contributed by atoms with Crippen LogP contribution in [0.5, 0.6) is 0 Å². The van der Waals surface area contributed by atoms with Crippen LogP contribution >= 0.6 is 0 Å². The zero-order valence-corrected chi connectivity index (χ0v) is 10.3. The molecule has 0 atom stereocenters. The molecule has 0 radical (unpaired) electrons. The van der Waals surface area contributed by atoms with Crippen molar-refractivity contribution in [2.24, 2.45) is 0 Å². The second-order valence-electron chi connectivity index (χ2n) is 4.33. The minimum Gasteiger partial charge on any atom is -0.490 e. The van der Waals surface area contributed by atoms with Crippen molar-refractivity contribution in [2.45, 2.75) is 12.8 Å². The molecule has 1 aromatic rings. The Morgan fingerprint density at radius 3 is 2.47 bits per heavy atom. The predicted octanol–water partition coefficient (Wildman–Crippen LogP) is 2.63. The smallest absolute Gasteiger partial charge is 0.227 e. The third-order valence-electron chi connectivity index (χ3n) is 2.81. The highest BCUT2D eigenvalue weighted by Gasteiger charge is 2.15. The molecule has 1 aromatic carbocycles. The van der Waals surface area contributed by atoms with E-state index in [-0.39, 0.29) is 5.78 Å². The molecule has 3 heteroatoms. The average Bonchev–Trinajstić information content (AvgIpc) is 2.39. The van der Waals surface area contributed by atoms with Gasteiger partial charge in [-0.15, -0.1) is 0 Å². The second-order valence-corrected chi connectivity index (χ2v) is 4.33. The number of rotatable bonds is 3. The van der Waals surface area contributed by atoms with Crippen LogP contribution in [0, 0.1) is 0 Å². The first-order valence-electron chi connectivity index (χ1n) is 5.83. The maximum Gasteiger partial charge on any atom is 0.227 e. The van der Waals surface area contributed by atoms with Gasteiger partial charge in [0.2, 0.25) is 5.78 Å². The van der Waals surface area contributed by atoms with Crippen LogP contribution in [0.25, 0.3) is 0 Å². The number of hydrogen-bond donors (Lipinski definition) is 0. The van der Waals surface area contributed by atoms with E-state index < -0.39 is 0 Å².